The number of carboxylic acid groups (broad SMARTS) is 1. The van der Waals surface area contributed by atoms with Gasteiger partial charge in [-0.25, -0.2) is 8.98 Å². The van der Waals surface area contributed by atoms with E-state index in [4.69, 9.17) is 23.9 Å². The summed E-state index contributed by atoms with van der Waals surface area (Å²) in [6.07, 6.45) is -0.589. The van der Waals surface area contributed by atoms with Crippen molar-refractivity contribution in [3.63, 3.8) is 0 Å². The normalized spacial score (nSPS) is 13.5. The number of phenols is 1. The van der Waals surface area contributed by atoms with Crippen LogP contribution in [0.25, 0.3) is 6.08 Å². The Labute approximate surface area is 184 Å². The molecule has 2 rings (SSSR count). The van der Waals surface area contributed by atoms with Gasteiger partial charge in [-0.3, -0.25) is 4.55 Å². The Kier molecular flexibility index (Phi) is 8.43. The summed E-state index contributed by atoms with van der Waals surface area (Å²) >= 11 is 0. The van der Waals surface area contributed by atoms with Crippen molar-refractivity contribution in [1.82, 2.24) is 0 Å². The predicted octanol–water partition coefficient (Wildman–Crippen LogP) is 1.81. The summed E-state index contributed by atoms with van der Waals surface area (Å²) in [5.74, 6) is -1.03. The van der Waals surface area contributed by atoms with Crippen LogP contribution in [0.1, 0.15) is 17.2 Å². The number of hydrogen-bond donors (Lipinski definition) is 4. The van der Waals surface area contributed by atoms with Crippen molar-refractivity contribution in [3.8, 4) is 23.0 Å². The maximum Gasteiger partial charge on any atom is 0.397 e. The zero-order chi connectivity index (χ0) is 23.9. The van der Waals surface area contributed by atoms with Crippen molar-refractivity contribution in [2.75, 3.05) is 20.8 Å². The number of phenolic OH excluding ortho intramolecular Hbond substituents is 1. The van der Waals surface area contributed by atoms with Gasteiger partial charge >= 0.3 is 16.4 Å². The van der Waals surface area contributed by atoms with Gasteiger partial charge in [0.2, 0.25) is 0 Å². The number of aromatic hydroxyl groups is 1. The Balaban J connectivity index is 2.37. The molecule has 2 atom stereocenters. The van der Waals surface area contributed by atoms with E-state index in [1.165, 1.54) is 56.7 Å². The first kappa shape index (κ1) is 24.9. The minimum atomic E-state index is -4.84. The lowest BCUT2D eigenvalue weighted by Crippen LogP contribution is -2.31. The molecule has 0 aromatic heterocycles. The summed E-state index contributed by atoms with van der Waals surface area (Å²) in [6, 6.07) is 8.34. The molecule has 0 saturated carbocycles. The summed E-state index contributed by atoms with van der Waals surface area (Å²) in [7, 11) is -2.19. The molecular formula is C20H22O11S. The lowest BCUT2D eigenvalue weighted by atomic mass is 10.0. The summed E-state index contributed by atoms with van der Waals surface area (Å²) in [5, 5.41) is 29.3. The van der Waals surface area contributed by atoms with E-state index in [2.05, 4.69) is 4.18 Å². The number of carboxylic acids is 1. The molecule has 174 valence electrons. The standard InChI is InChI=1S/C20H22O11S/c1-28-16-10-13(5-6-14(16)21)20(24)18(11-30-32(25,26)27)31-15-7-3-12(4-8-19(22)23)9-17(15)29-2/h3-10,18,20-21,24H,11H2,1-2H3,(H,22,23)(H,25,26,27). The number of aliphatic carboxylic acids is 1. The highest BCUT2D eigenvalue weighted by Crippen LogP contribution is 2.34. The Morgan fingerprint density at radius 2 is 1.75 bits per heavy atom. The van der Waals surface area contributed by atoms with Gasteiger partial charge in [-0.05, 0) is 41.5 Å². The number of rotatable bonds is 11. The molecule has 0 bridgehead atoms. The van der Waals surface area contributed by atoms with Gasteiger partial charge in [0.05, 0.1) is 14.2 Å². The number of hydrogen-bond acceptors (Lipinski definition) is 9. The summed E-state index contributed by atoms with van der Waals surface area (Å²) in [5.41, 5.74) is 0.676. The monoisotopic (exact) mass is 470 g/mol. The molecule has 0 amide bonds. The van der Waals surface area contributed by atoms with Crippen LogP contribution in [0.5, 0.6) is 23.0 Å². The third-order valence-electron chi connectivity index (χ3n) is 4.16. The molecule has 0 aliphatic carbocycles. The van der Waals surface area contributed by atoms with Gasteiger partial charge in [-0.1, -0.05) is 12.1 Å². The third-order valence-corrected chi connectivity index (χ3v) is 4.60. The number of methoxy groups -OCH3 is 2. The zero-order valence-corrected chi connectivity index (χ0v) is 17.9. The third kappa shape index (κ3) is 7.13. The molecule has 12 heteroatoms. The van der Waals surface area contributed by atoms with E-state index < -0.39 is 35.2 Å². The van der Waals surface area contributed by atoms with Gasteiger partial charge in [0.25, 0.3) is 0 Å². The van der Waals surface area contributed by atoms with Gasteiger partial charge in [0.1, 0.15) is 12.7 Å². The van der Waals surface area contributed by atoms with Crippen LogP contribution in [0, 0.1) is 0 Å². The Morgan fingerprint density at radius 3 is 2.34 bits per heavy atom. The fourth-order valence-corrected chi connectivity index (χ4v) is 2.96. The fourth-order valence-electron chi connectivity index (χ4n) is 2.65. The molecule has 2 aromatic carbocycles. The lowest BCUT2D eigenvalue weighted by Gasteiger charge is -2.25. The van der Waals surface area contributed by atoms with Crippen molar-refractivity contribution in [1.29, 1.82) is 0 Å². The average molecular weight is 470 g/mol. The maximum absolute atomic E-state index is 11.0. The van der Waals surface area contributed by atoms with Crippen LogP contribution in [0.15, 0.2) is 42.5 Å². The van der Waals surface area contributed by atoms with Crippen molar-refractivity contribution in [2.24, 2.45) is 0 Å². The van der Waals surface area contributed by atoms with E-state index in [9.17, 15) is 23.4 Å². The number of carbonyl (C=O) groups is 1. The molecule has 11 nitrogen and oxygen atoms in total. The number of aliphatic hydroxyl groups is 1. The number of ether oxygens (including phenoxy) is 3. The second-order valence-electron chi connectivity index (χ2n) is 6.33. The van der Waals surface area contributed by atoms with E-state index in [0.29, 0.717) is 5.56 Å². The van der Waals surface area contributed by atoms with E-state index in [1.807, 2.05) is 0 Å². The van der Waals surface area contributed by atoms with Crippen LogP contribution in [0.4, 0.5) is 0 Å². The van der Waals surface area contributed by atoms with Crippen LogP contribution in [0.2, 0.25) is 0 Å². The first-order chi connectivity index (χ1) is 15.0. The van der Waals surface area contributed by atoms with Crippen molar-refractivity contribution >= 4 is 22.4 Å². The van der Waals surface area contributed by atoms with Crippen molar-refractivity contribution < 1.29 is 51.5 Å². The van der Waals surface area contributed by atoms with E-state index in [-0.39, 0.29) is 28.6 Å². The highest BCUT2D eigenvalue weighted by atomic mass is 32.3. The first-order valence-corrected chi connectivity index (χ1v) is 10.3. The van der Waals surface area contributed by atoms with Gasteiger partial charge in [-0.15, -0.1) is 0 Å². The summed E-state index contributed by atoms with van der Waals surface area (Å²) in [6.45, 7) is -0.771. The fraction of sp³-hybridized carbons (Fsp3) is 0.250. The zero-order valence-electron chi connectivity index (χ0n) is 17.0. The van der Waals surface area contributed by atoms with Gasteiger partial charge < -0.3 is 29.5 Å². The molecule has 0 aliphatic rings. The van der Waals surface area contributed by atoms with E-state index in [1.54, 1.807) is 0 Å². The molecule has 32 heavy (non-hydrogen) atoms. The Bertz CT molecular complexity index is 1080. The SMILES string of the molecule is COc1cc(C(O)C(COS(=O)(=O)O)Oc2ccc(C=CC(=O)O)cc2OC)ccc1O. The largest absolute Gasteiger partial charge is 0.504 e. The Hall–Kier alpha value is -3.32. The lowest BCUT2D eigenvalue weighted by molar-refractivity contribution is -0.131. The first-order valence-electron chi connectivity index (χ1n) is 8.96. The van der Waals surface area contributed by atoms with E-state index >= 15 is 0 Å². The van der Waals surface area contributed by atoms with Crippen molar-refractivity contribution in [2.45, 2.75) is 12.2 Å². The molecule has 0 spiro atoms. The number of benzene rings is 2. The summed E-state index contributed by atoms with van der Waals surface area (Å²) in [4.78, 5) is 10.7. The molecule has 0 aliphatic heterocycles. The molecular weight excluding hydrogens is 448 g/mol. The van der Waals surface area contributed by atoms with Crippen LogP contribution in [-0.4, -0.2) is 61.2 Å². The molecule has 0 saturated heterocycles. The van der Waals surface area contributed by atoms with Gasteiger partial charge in [0.15, 0.2) is 29.1 Å². The predicted molar refractivity (Wildman–Crippen MR) is 111 cm³/mol. The molecule has 0 radical (unpaired) electrons. The Morgan fingerprint density at radius 1 is 1.06 bits per heavy atom. The number of aliphatic hydroxyl groups excluding tert-OH is 1. The maximum atomic E-state index is 11.0. The average Bonchev–Trinajstić information content (AvgIpc) is 2.74. The van der Waals surface area contributed by atoms with Gasteiger partial charge in [-0.2, -0.15) is 8.42 Å². The summed E-state index contributed by atoms with van der Waals surface area (Å²) < 4.78 is 51.4. The topological polar surface area (TPSA) is 169 Å². The van der Waals surface area contributed by atoms with Crippen LogP contribution < -0.4 is 14.2 Å². The highest BCUT2D eigenvalue weighted by molar-refractivity contribution is 7.80. The quantitative estimate of drug-likeness (QED) is 0.279. The second kappa shape index (κ2) is 10.8. The highest BCUT2D eigenvalue weighted by Gasteiger charge is 2.27. The van der Waals surface area contributed by atoms with Gasteiger partial charge in [0, 0.05) is 6.08 Å². The molecule has 2 unspecified atom stereocenters. The molecule has 0 heterocycles. The van der Waals surface area contributed by atoms with E-state index in [0.717, 1.165) is 6.08 Å². The van der Waals surface area contributed by atoms with Crippen LogP contribution in [-0.2, 0) is 19.4 Å². The second-order valence-corrected chi connectivity index (χ2v) is 7.42. The molecule has 2 aromatic rings. The van der Waals surface area contributed by atoms with Crippen LogP contribution in [0.3, 0.4) is 0 Å². The van der Waals surface area contributed by atoms with Crippen LogP contribution >= 0.6 is 0 Å². The minimum absolute atomic E-state index is 0.0585. The minimum Gasteiger partial charge on any atom is -0.504 e. The van der Waals surface area contributed by atoms with Crippen molar-refractivity contribution in [3.05, 3.63) is 53.6 Å². The molecule has 0 fully saturated rings. The smallest absolute Gasteiger partial charge is 0.397 e. The molecule has 4 N–H and O–H groups in total.